The van der Waals surface area contributed by atoms with E-state index < -0.39 is 0 Å². The molecule has 0 radical (unpaired) electrons. The van der Waals surface area contributed by atoms with Crippen molar-refractivity contribution < 1.29 is 4.79 Å². The molecule has 0 atom stereocenters. The minimum absolute atomic E-state index is 0.263. The maximum absolute atomic E-state index is 12.4. The molecule has 0 unspecified atom stereocenters. The third kappa shape index (κ3) is 3.84. The minimum Gasteiger partial charge on any atom is -0.324 e. The number of hydrogen-bond donors (Lipinski definition) is 2. The van der Waals surface area contributed by atoms with Crippen LogP contribution in [0.25, 0.3) is 0 Å². The van der Waals surface area contributed by atoms with Gasteiger partial charge >= 0.3 is 0 Å². The Labute approximate surface area is 151 Å². The van der Waals surface area contributed by atoms with Gasteiger partial charge in [-0.1, -0.05) is 24.3 Å². The predicted octanol–water partition coefficient (Wildman–Crippen LogP) is 3.96. The average Bonchev–Trinajstić information content (AvgIpc) is 2.65. The fraction of sp³-hybridized carbons (Fsp3) is 0.100. The molecule has 3 aromatic rings. The highest BCUT2D eigenvalue weighted by Gasteiger charge is 2.11. The molecule has 0 fully saturated rings. The van der Waals surface area contributed by atoms with Crippen LogP contribution in [0.3, 0.4) is 0 Å². The number of nitrogens with zero attached hydrogens (tertiary/aromatic N) is 3. The van der Waals surface area contributed by atoms with E-state index in [9.17, 15) is 4.79 Å². The molecule has 2 N–H and O–H groups in total. The normalized spacial score (nSPS) is 10.0. The number of anilines is 3. The predicted molar refractivity (Wildman–Crippen MR) is 100 cm³/mol. The summed E-state index contributed by atoms with van der Waals surface area (Å²) in [6, 6.07) is 14.9. The highest BCUT2D eigenvalue weighted by Crippen LogP contribution is 2.20. The van der Waals surface area contributed by atoms with Crippen LogP contribution in [0, 0.1) is 25.2 Å². The molecule has 0 saturated heterocycles. The molecule has 0 spiro atoms. The number of aryl methyl sites for hydroxylation is 2. The van der Waals surface area contributed by atoms with Crippen molar-refractivity contribution in [2.45, 2.75) is 13.8 Å². The van der Waals surface area contributed by atoms with Gasteiger partial charge in [0.25, 0.3) is 5.91 Å². The lowest BCUT2D eigenvalue weighted by atomic mass is 10.1. The second-order valence-corrected chi connectivity index (χ2v) is 5.83. The number of nitriles is 1. The van der Waals surface area contributed by atoms with Crippen LogP contribution in [0.5, 0.6) is 0 Å². The van der Waals surface area contributed by atoms with Gasteiger partial charge in [0.2, 0.25) is 5.95 Å². The van der Waals surface area contributed by atoms with Crippen LogP contribution in [-0.4, -0.2) is 15.9 Å². The average molecular weight is 343 g/mol. The maximum atomic E-state index is 12.4. The largest absolute Gasteiger partial charge is 0.324 e. The second kappa shape index (κ2) is 7.45. The van der Waals surface area contributed by atoms with Crippen LogP contribution in [0.1, 0.15) is 27.0 Å². The summed E-state index contributed by atoms with van der Waals surface area (Å²) in [6.07, 6.45) is 2.93. The lowest BCUT2D eigenvalue weighted by Gasteiger charge is -2.11. The van der Waals surface area contributed by atoms with Gasteiger partial charge in [0.05, 0.1) is 17.2 Å². The second-order valence-electron chi connectivity index (χ2n) is 5.83. The zero-order valence-corrected chi connectivity index (χ0v) is 14.4. The number of nitrogens with one attached hydrogen (secondary N) is 2. The number of carbonyl (C=O) groups is 1. The first-order chi connectivity index (χ1) is 12.6. The number of benzene rings is 2. The molecule has 0 bridgehead atoms. The molecule has 0 aliphatic carbocycles. The van der Waals surface area contributed by atoms with Gasteiger partial charge in [-0.25, -0.2) is 9.97 Å². The number of hydrogen-bond acceptors (Lipinski definition) is 5. The zero-order valence-electron chi connectivity index (χ0n) is 14.4. The SMILES string of the molecule is Cc1cccc(C)c1NC(=O)c1cnc(Nc2cccc(C#N)c2)nc1. The summed E-state index contributed by atoms with van der Waals surface area (Å²) in [6.45, 7) is 3.89. The van der Waals surface area contributed by atoms with Gasteiger partial charge < -0.3 is 10.6 Å². The van der Waals surface area contributed by atoms with Crippen LogP contribution in [0.2, 0.25) is 0 Å². The maximum Gasteiger partial charge on any atom is 0.258 e. The van der Waals surface area contributed by atoms with Crippen molar-refractivity contribution in [3.05, 3.63) is 77.1 Å². The van der Waals surface area contributed by atoms with Gasteiger partial charge in [0, 0.05) is 23.8 Å². The van der Waals surface area contributed by atoms with E-state index in [0.29, 0.717) is 22.8 Å². The number of para-hydroxylation sites is 1. The van der Waals surface area contributed by atoms with Crippen molar-refractivity contribution in [1.29, 1.82) is 5.26 Å². The Kier molecular flexibility index (Phi) is 4.90. The monoisotopic (exact) mass is 343 g/mol. The van der Waals surface area contributed by atoms with Crippen molar-refractivity contribution in [3.63, 3.8) is 0 Å². The molecule has 1 heterocycles. The molecule has 3 rings (SSSR count). The lowest BCUT2D eigenvalue weighted by Crippen LogP contribution is -2.14. The van der Waals surface area contributed by atoms with Crippen molar-refractivity contribution in [2.75, 3.05) is 10.6 Å². The first kappa shape index (κ1) is 17.1. The highest BCUT2D eigenvalue weighted by atomic mass is 16.1. The summed E-state index contributed by atoms with van der Waals surface area (Å²) >= 11 is 0. The zero-order chi connectivity index (χ0) is 18.5. The number of carbonyl (C=O) groups excluding carboxylic acids is 1. The Balaban J connectivity index is 1.73. The van der Waals surface area contributed by atoms with Crippen molar-refractivity contribution in [1.82, 2.24) is 9.97 Å². The Hall–Kier alpha value is -3.72. The summed E-state index contributed by atoms with van der Waals surface area (Å²) < 4.78 is 0. The minimum atomic E-state index is -0.263. The van der Waals surface area contributed by atoms with E-state index in [-0.39, 0.29) is 5.91 Å². The molecular weight excluding hydrogens is 326 g/mol. The Morgan fingerprint density at radius 3 is 2.35 bits per heavy atom. The molecule has 0 aliphatic rings. The molecule has 6 nitrogen and oxygen atoms in total. The molecule has 0 aliphatic heterocycles. The molecule has 1 aromatic heterocycles. The van der Waals surface area contributed by atoms with Crippen molar-refractivity contribution in [3.8, 4) is 6.07 Å². The first-order valence-electron chi connectivity index (χ1n) is 8.03. The van der Waals surface area contributed by atoms with E-state index in [4.69, 9.17) is 5.26 Å². The van der Waals surface area contributed by atoms with Crippen LogP contribution in [-0.2, 0) is 0 Å². The fourth-order valence-corrected chi connectivity index (χ4v) is 2.50. The lowest BCUT2D eigenvalue weighted by molar-refractivity contribution is 0.102. The standard InChI is InChI=1S/C20H17N5O/c1-13-5-3-6-14(2)18(13)25-19(26)16-11-22-20(23-12-16)24-17-8-4-7-15(9-17)10-21/h3-9,11-12H,1-2H3,(H,25,26)(H,22,23,24). The molecular formula is C20H17N5O. The van der Waals surface area contributed by atoms with Crippen LogP contribution < -0.4 is 10.6 Å². The van der Waals surface area contributed by atoms with E-state index in [1.807, 2.05) is 38.1 Å². The Bertz CT molecular complexity index is 970. The number of amides is 1. The third-order valence-corrected chi connectivity index (χ3v) is 3.88. The summed E-state index contributed by atoms with van der Waals surface area (Å²) in [5.74, 6) is 0.0872. The first-order valence-corrected chi connectivity index (χ1v) is 8.03. The van der Waals surface area contributed by atoms with E-state index >= 15 is 0 Å². The summed E-state index contributed by atoms with van der Waals surface area (Å²) in [5.41, 5.74) is 4.40. The number of rotatable bonds is 4. The molecule has 2 aromatic carbocycles. The summed E-state index contributed by atoms with van der Waals surface area (Å²) in [5, 5.41) is 14.8. The van der Waals surface area contributed by atoms with Gasteiger partial charge in [0.1, 0.15) is 0 Å². The van der Waals surface area contributed by atoms with Crippen LogP contribution >= 0.6 is 0 Å². The molecule has 1 amide bonds. The van der Waals surface area contributed by atoms with E-state index in [2.05, 4.69) is 26.7 Å². The Morgan fingerprint density at radius 1 is 1.04 bits per heavy atom. The third-order valence-electron chi connectivity index (χ3n) is 3.88. The smallest absolute Gasteiger partial charge is 0.258 e. The van der Waals surface area contributed by atoms with Crippen molar-refractivity contribution in [2.24, 2.45) is 0 Å². The highest BCUT2D eigenvalue weighted by molar-refractivity contribution is 6.04. The molecule has 0 saturated carbocycles. The van der Waals surface area contributed by atoms with Crippen LogP contribution in [0.15, 0.2) is 54.9 Å². The van der Waals surface area contributed by atoms with Gasteiger partial charge in [-0.3, -0.25) is 4.79 Å². The van der Waals surface area contributed by atoms with Gasteiger partial charge in [-0.15, -0.1) is 0 Å². The topological polar surface area (TPSA) is 90.7 Å². The van der Waals surface area contributed by atoms with Gasteiger partial charge in [0.15, 0.2) is 0 Å². The number of aromatic nitrogens is 2. The molecule has 6 heteroatoms. The van der Waals surface area contributed by atoms with E-state index in [1.54, 1.807) is 18.2 Å². The van der Waals surface area contributed by atoms with Gasteiger partial charge in [-0.05, 0) is 43.2 Å². The van der Waals surface area contributed by atoms with E-state index in [0.717, 1.165) is 16.8 Å². The molecule has 128 valence electrons. The summed E-state index contributed by atoms with van der Waals surface area (Å²) in [7, 11) is 0. The van der Waals surface area contributed by atoms with Crippen LogP contribution in [0.4, 0.5) is 17.3 Å². The Morgan fingerprint density at radius 2 is 1.69 bits per heavy atom. The fourth-order valence-electron chi connectivity index (χ4n) is 2.50. The van der Waals surface area contributed by atoms with E-state index in [1.165, 1.54) is 12.4 Å². The quantitative estimate of drug-likeness (QED) is 0.748. The van der Waals surface area contributed by atoms with Gasteiger partial charge in [-0.2, -0.15) is 5.26 Å². The van der Waals surface area contributed by atoms with Crippen molar-refractivity contribution >= 4 is 23.2 Å². The summed E-state index contributed by atoms with van der Waals surface area (Å²) in [4.78, 5) is 20.8. The molecule has 26 heavy (non-hydrogen) atoms.